The van der Waals surface area contributed by atoms with E-state index in [9.17, 15) is 8.42 Å². The van der Waals surface area contributed by atoms with Crippen LogP contribution in [-0.4, -0.2) is 33.7 Å². The van der Waals surface area contributed by atoms with Crippen LogP contribution in [-0.2, 0) is 16.6 Å². The molecule has 24 heavy (non-hydrogen) atoms. The van der Waals surface area contributed by atoms with Gasteiger partial charge in [-0.1, -0.05) is 35.3 Å². The third-order valence-corrected chi connectivity index (χ3v) is 5.39. The molecule has 0 saturated carbocycles. The van der Waals surface area contributed by atoms with Crippen molar-refractivity contribution in [2.45, 2.75) is 6.54 Å². The second kappa shape index (κ2) is 5.51. The van der Waals surface area contributed by atoms with Crippen molar-refractivity contribution >= 4 is 39.0 Å². The van der Waals surface area contributed by atoms with Crippen molar-refractivity contribution in [2.24, 2.45) is 0 Å². The number of hydrogen-bond acceptors (Lipinski definition) is 4. The van der Waals surface area contributed by atoms with Crippen LogP contribution in [0.4, 0.5) is 5.82 Å². The molecule has 0 bridgehead atoms. The van der Waals surface area contributed by atoms with Gasteiger partial charge in [-0.25, -0.2) is 17.8 Å². The summed E-state index contributed by atoms with van der Waals surface area (Å²) in [7, 11) is -3.36. The molecule has 0 spiro atoms. The maximum absolute atomic E-state index is 11.8. The third kappa shape index (κ3) is 2.66. The van der Waals surface area contributed by atoms with Crippen LogP contribution >= 0.6 is 23.2 Å². The smallest absolute Gasteiger partial charge is 0.235 e. The summed E-state index contributed by atoms with van der Waals surface area (Å²) >= 11 is 12.1. The van der Waals surface area contributed by atoms with Gasteiger partial charge in [-0.2, -0.15) is 10.2 Å². The van der Waals surface area contributed by atoms with E-state index in [2.05, 4.69) is 14.9 Å². The molecule has 1 aliphatic heterocycles. The van der Waals surface area contributed by atoms with Gasteiger partial charge in [-0.3, -0.25) is 4.72 Å². The molecular formula is C14H11Cl2N5O2S. The van der Waals surface area contributed by atoms with E-state index < -0.39 is 10.0 Å². The third-order valence-electron chi connectivity index (χ3n) is 3.71. The Morgan fingerprint density at radius 3 is 2.58 bits per heavy atom. The average Bonchev–Trinajstić information content (AvgIpc) is 3.09. The van der Waals surface area contributed by atoms with E-state index in [0.29, 0.717) is 16.4 Å². The molecule has 0 radical (unpaired) electrons. The topological polar surface area (TPSA) is 81.8 Å². The minimum absolute atomic E-state index is 0.0174. The maximum atomic E-state index is 11.8. The van der Waals surface area contributed by atoms with Crippen molar-refractivity contribution in [3.05, 3.63) is 46.8 Å². The fraction of sp³-hybridized carbons (Fsp3) is 0.143. The lowest BCUT2D eigenvalue weighted by Gasteiger charge is -2.17. The lowest BCUT2D eigenvalue weighted by atomic mass is 10.1. The van der Waals surface area contributed by atoms with Crippen LogP contribution in [0, 0.1) is 0 Å². The first kappa shape index (κ1) is 15.5. The zero-order valence-electron chi connectivity index (χ0n) is 12.1. The molecule has 1 aliphatic rings. The van der Waals surface area contributed by atoms with E-state index in [1.54, 1.807) is 21.8 Å². The highest BCUT2D eigenvalue weighted by atomic mass is 35.5. The second-order valence-corrected chi connectivity index (χ2v) is 7.94. The van der Waals surface area contributed by atoms with E-state index in [1.807, 2.05) is 24.3 Å². The zero-order chi connectivity index (χ0) is 16.9. The Kier molecular flexibility index (Phi) is 3.56. The van der Waals surface area contributed by atoms with Gasteiger partial charge in [0.15, 0.2) is 5.15 Å². The summed E-state index contributed by atoms with van der Waals surface area (Å²) in [6.45, 7) is 0.272. The van der Waals surface area contributed by atoms with Crippen LogP contribution in [0.25, 0.3) is 16.8 Å². The van der Waals surface area contributed by atoms with Crippen LogP contribution < -0.4 is 4.72 Å². The van der Waals surface area contributed by atoms with Crippen LogP contribution in [0.2, 0.25) is 10.2 Å². The number of rotatable bonds is 2. The zero-order valence-corrected chi connectivity index (χ0v) is 14.5. The largest absolute Gasteiger partial charge is 0.267 e. The monoisotopic (exact) mass is 383 g/mol. The molecule has 4 rings (SSSR count). The molecule has 7 nitrogen and oxygen atoms in total. The molecule has 3 heterocycles. The number of benzene rings is 1. The minimum atomic E-state index is -3.36. The van der Waals surface area contributed by atoms with Gasteiger partial charge in [0.25, 0.3) is 0 Å². The van der Waals surface area contributed by atoms with E-state index in [0.717, 1.165) is 11.3 Å². The highest BCUT2D eigenvalue weighted by Crippen LogP contribution is 2.37. The van der Waals surface area contributed by atoms with Crippen molar-refractivity contribution in [1.29, 1.82) is 0 Å². The number of aryl methyl sites for hydroxylation is 1. The van der Waals surface area contributed by atoms with Gasteiger partial charge >= 0.3 is 0 Å². The number of anilines is 1. The number of hydrogen-bond donors (Lipinski definition) is 1. The molecule has 10 heteroatoms. The lowest BCUT2D eigenvalue weighted by molar-refractivity contribution is 0.577. The highest BCUT2D eigenvalue weighted by molar-refractivity contribution is 7.92. The van der Waals surface area contributed by atoms with Crippen molar-refractivity contribution in [3.63, 3.8) is 0 Å². The van der Waals surface area contributed by atoms with E-state index in [4.69, 9.17) is 23.2 Å². The summed E-state index contributed by atoms with van der Waals surface area (Å²) in [5.74, 6) is 0.373. The van der Waals surface area contributed by atoms with E-state index in [-0.39, 0.29) is 17.5 Å². The molecule has 0 saturated heterocycles. The fourth-order valence-corrected chi connectivity index (χ4v) is 4.03. The molecule has 0 atom stereocenters. The Hall–Kier alpha value is -2.03. The summed E-state index contributed by atoms with van der Waals surface area (Å²) in [6.07, 6.45) is 3.24. The van der Waals surface area contributed by atoms with Crippen molar-refractivity contribution in [2.75, 3.05) is 10.5 Å². The van der Waals surface area contributed by atoms with Crippen molar-refractivity contribution < 1.29 is 8.42 Å². The molecule has 2 aromatic heterocycles. The van der Waals surface area contributed by atoms with Crippen LogP contribution in [0.15, 0.2) is 36.7 Å². The summed E-state index contributed by atoms with van der Waals surface area (Å²) in [5, 5.41) is 9.13. The second-order valence-electron chi connectivity index (χ2n) is 5.31. The molecule has 0 amide bonds. The predicted octanol–water partition coefficient (Wildman–Crippen LogP) is 2.80. The Labute approximate surface area is 147 Å². The average molecular weight is 384 g/mol. The first-order chi connectivity index (χ1) is 11.4. The van der Waals surface area contributed by atoms with Gasteiger partial charge < -0.3 is 0 Å². The standard InChI is InChI=1S/C14H11Cl2N5O2S/c15-10-7-17-21(8-10)11-3-1-9(2-4-11)12-13(16)18-20-5-6-24(22,23)19-14(12)20/h1-4,7-8,19H,5-6H2. The van der Waals surface area contributed by atoms with E-state index in [1.165, 1.54) is 0 Å². The van der Waals surface area contributed by atoms with Gasteiger partial charge in [0, 0.05) is 6.20 Å². The van der Waals surface area contributed by atoms with Gasteiger partial charge in [0.05, 0.1) is 34.8 Å². The quantitative estimate of drug-likeness (QED) is 0.737. The number of nitrogens with zero attached hydrogens (tertiary/aromatic N) is 4. The fourth-order valence-electron chi connectivity index (χ4n) is 2.58. The molecule has 3 aromatic rings. The minimum Gasteiger partial charge on any atom is -0.267 e. The number of nitrogens with one attached hydrogen (secondary N) is 1. The van der Waals surface area contributed by atoms with E-state index >= 15 is 0 Å². The molecule has 0 aliphatic carbocycles. The SMILES string of the molecule is O=S1(=O)CCn2nc(Cl)c(-c3ccc(-n4cc(Cl)cn4)cc3)c2N1. The summed E-state index contributed by atoms with van der Waals surface area (Å²) in [4.78, 5) is 0. The molecule has 0 fully saturated rings. The summed E-state index contributed by atoms with van der Waals surface area (Å²) in [6, 6.07) is 7.35. The molecule has 124 valence electrons. The lowest BCUT2D eigenvalue weighted by Crippen LogP contribution is -2.28. The van der Waals surface area contributed by atoms with Crippen molar-refractivity contribution in [3.8, 4) is 16.8 Å². The van der Waals surface area contributed by atoms with Crippen LogP contribution in [0.3, 0.4) is 0 Å². The molecule has 0 unspecified atom stereocenters. The number of fused-ring (bicyclic) bond motifs is 1. The number of sulfonamides is 1. The summed E-state index contributed by atoms with van der Waals surface area (Å²) < 4.78 is 29.4. The van der Waals surface area contributed by atoms with Crippen LogP contribution in [0.5, 0.6) is 0 Å². The number of halogens is 2. The van der Waals surface area contributed by atoms with Gasteiger partial charge in [-0.15, -0.1) is 0 Å². The maximum Gasteiger partial charge on any atom is 0.235 e. The normalized spacial score (nSPS) is 15.8. The molecule has 1 aromatic carbocycles. The predicted molar refractivity (Wildman–Crippen MR) is 92.2 cm³/mol. The number of aromatic nitrogens is 4. The Morgan fingerprint density at radius 2 is 1.92 bits per heavy atom. The van der Waals surface area contributed by atoms with Crippen LogP contribution in [0.1, 0.15) is 0 Å². The first-order valence-electron chi connectivity index (χ1n) is 7.01. The Bertz CT molecular complexity index is 1020. The van der Waals surface area contributed by atoms with Crippen molar-refractivity contribution in [1.82, 2.24) is 19.6 Å². The Balaban J connectivity index is 1.76. The highest BCUT2D eigenvalue weighted by Gasteiger charge is 2.27. The van der Waals surface area contributed by atoms with Gasteiger partial charge in [-0.05, 0) is 17.7 Å². The molecule has 1 N–H and O–H groups in total. The summed E-state index contributed by atoms with van der Waals surface area (Å²) in [5.41, 5.74) is 2.14. The van der Waals surface area contributed by atoms with Gasteiger partial charge in [0.1, 0.15) is 5.82 Å². The first-order valence-corrected chi connectivity index (χ1v) is 9.41. The molecular weight excluding hydrogens is 373 g/mol. The van der Waals surface area contributed by atoms with Gasteiger partial charge in [0.2, 0.25) is 10.0 Å². The Morgan fingerprint density at radius 1 is 1.17 bits per heavy atom.